The number of hydrogen-bond donors (Lipinski definition) is 2. The summed E-state index contributed by atoms with van der Waals surface area (Å²) in [5, 5.41) is 11.7. The van der Waals surface area contributed by atoms with Crippen LogP contribution in [0.3, 0.4) is 0 Å². The molecule has 0 spiro atoms. The number of nitrogens with one attached hydrogen (secondary N) is 1. The molecule has 0 aliphatic rings. The van der Waals surface area contributed by atoms with Crippen molar-refractivity contribution in [1.82, 2.24) is 10.3 Å². The molecular weight excluding hydrogens is 276 g/mol. The summed E-state index contributed by atoms with van der Waals surface area (Å²) in [4.78, 5) is 0. The van der Waals surface area contributed by atoms with Gasteiger partial charge in [0.2, 0.25) is 0 Å². The van der Waals surface area contributed by atoms with Gasteiger partial charge in [-0.15, -0.1) is 0 Å². The Balaban J connectivity index is 1.70. The Bertz CT molecular complexity index is 724. The molecule has 0 radical (unpaired) electrons. The lowest BCUT2D eigenvalue weighted by atomic mass is 10.1. The summed E-state index contributed by atoms with van der Waals surface area (Å²) in [5.41, 5.74) is 9.68. The fraction of sp³-hybridized carbons (Fsp3) is 0.143. The van der Waals surface area contributed by atoms with Gasteiger partial charge in [0.05, 0.1) is 11.4 Å². The predicted octanol–water partition coefficient (Wildman–Crippen LogP) is 3.11. The van der Waals surface area contributed by atoms with Crippen molar-refractivity contribution < 1.29 is 4.63 Å². The standard InChI is InChI=1S/C14H13ClN4O/c15-10-3-1-9(2-4-10)7-8-17-12-6-5-11(16)13-14(12)19-20-18-13/h1-6,17H,7-8,16H2. The van der Waals surface area contributed by atoms with Crippen molar-refractivity contribution >= 4 is 34.0 Å². The third kappa shape index (κ3) is 2.53. The molecule has 0 atom stereocenters. The minimum Gasteiger partial charge on any atom is -0.397 e. The zero-order valence-corrected chi connectivity index (χ0v) is 11.4. The van der Waals surface area contributed by atoms with Gasteiger partial charge < -0.3 is 11.1 Å². The number of benzene rings is 2. The van der Waals surface area contributed by atoms with Crippen LogP contribution in [0.1, 0.15) is 5.56 Å². The topological polar surface area (TPSA) is 77.0 Å². The van der Waals surface area contributed by atoms with Crippen LogP contribution in [0.25, 0.3) is 11.0 Å². The fourth-order valence-corrected chi connectivity index (χ4v) is 2.15. The molecule has 3 N–H and O–H groups in total. The molecule has 0 saturated heterocycles. The molecule has 5 nitrogen and oxygen atoms in total. The van der Waals surface area contributed by atoms with Gasteiger partial charge in [0, 0.05) is 11.6 Å². The monoisotopic (exact) mass is 288 g/mol. The van der Waals surface area contributed by atoms with Crippen molar-refractivity contribution in [1.29, 1.82) is 0 Å². The Morgan fingerprint density at radius 1 is 1.05 bits per heavy atom. The maximum Gasteiger partial charge on any atom is 0.160 e. The number of aromatic nitrogens is 2. The molecule has 0 bridgehead atoms. The van der Waals surface area contributed by atoms with Crippen LogP contribution in [-0.4, -0.2) is 16.9 Å². The molecule has 2 aromatic carbocycles. The van der Waals surface area contributed by atoms with E-state index in [4.69, 9.17) is 22.0 Å². The fourth-order valence-electron chi connectivity index (χ4n) is 2.02. The number of nitrogens with two attached hydrogens (primary N) is 1. The Hall–Kier alpha value is -2.27. The molecule has 3 aromatic rings. The Labute approximate surface area is 120 Å². The Morgan fingerprint density at radius 3 is 2.60 bits per heavy atom. The van der Waals surface area contributed by atoms with Gasteiger partial charge in [0.1, 0.15) is 0 Å². The second-order valence-corrected chi connectivity index (χ2v) is 4.90. The molecule has 0 saturated carbocycles. The lowest BCUT2D eigenvalue weighted by molar-refractivity contribution is 0.316. The van der Waals surface area contributed by atoms with Crippen LogP contribution in [0.15, 0.2) is 41.0 Å². The van der Waals surface area contributed by atoms with Crippen LogP contribution >= 0.6 is 11.6 Å². The molecule has 1 aromatic heterocycles. The lowest BCUT2D eigenvalue weighted by Crippen LogP contribution is -2.05. The number of halogens is 1. The Kier molecular flexibility index (Phi) is 3.43. The molecule has 0 aliphatic carbocycles. The van der Waals surface area contributed by atoms with Crippen LogP contribution in [-0.2, 0) is 6.42 Å². The summed E-state index contributed by atoms with van der Waals surface area (Å²) in [6.07, 6.45) is 0.883. The van der Waals surface area contributed by atoms with Crippen molar-refractivity contribution in [3.63, 3.8) is 0 Å². The van der Waals surface area contributed by atoms with Gasteiger partial charge in [0.25, 0.3) is 0 Å². The van der Waals surface area contributed by atoms with E-state index in [0.29, 0.717) is 16.7 Å². The second kappa shape index (κ2) is 5.38. The van der Waals surface area contributed by atoms with Gasteiger partial charge >= 0.3 is 0 Å². The summed E-state index contributed by atoms with van der Waals surface area (Å²) < 4.78 is 4.73. The minimum absolute atomic E-state index is 0.560. The van der Waals surface area contributed by atoms with Crippen LogP contribution in [0.4, 0.5) is 11.4 Å². The van der Waals surface area contributed by atoms with E-state index in [9.17, 15) is 0 Å². The van der Waals surface area contributed by atoms with E-state index in [2.05, 4.69) is 15.6 Å². The molecule has 0 amide bonds. The summed E-state index contributed by atoms with van der Waals surface area (Å²) in [7, 11) is 0. The molecule has 102 valence electrons. The molecule has 1 heterocycles. The average molecular weight is 289 g/mol. The molecule has 6 heteroatoms. The normalized spacial score (nSPS) is 10.8. The van der Waals surface area contributed by atoms with Crippen LogP contribution in [0, 0.1) is 0 Å². The van der Waals surface area contributed by atoms with E-state index in [0.717, 1.165) is 23.7 Å². The van der Waals surface area contributed by atoms with E-state index >= 15 is 0 Å². The first-order chi connectivity index (χ1) is 9.74. The molecule has 0 unspecified atom stereocenters. The van der Waals surface area contributed by atoms with Crippen LogP contribution in [0.2, 0.25) is 5.02 Å². The molecular formula is C14H13ClN4O. The second-order valence-electron chi connectivity index (χ2n) is 4.47. The number of hydrogen-bond acceptors (Lipinski definition) is 5. The van der Waals surface area contributed by atoms with Crippen molar-refractivity contribution in [2.45, 2.75) is 6.42 Å². The van der Waals surface area contributed by atoms with Crippen LogP contribution < -0.4 is 11.1 Å². The van der Waals surface area contributed by atoms with Crippen molar-refractivity contribution in [2.75, 3.05) is 17.6 Å². The van der Waals surface area contributed by atoms with Crippen LogP contribution in [0.5, 0.6) is 0 Å². The van der Waals surface area contributed by atoms with E-state index in [-0.39, 0.29) is 0 Å². The van der Waals surface area contributed by atoms with Gasteiger partial charge in [-0.2, -0.15) is 0 Å². The first kappa shape index (κ1) is 12.7. The number of nitrogen functional groups attached to an aromatic ring is 1. The first-order valence-electron chi connectivity index (χ1n) is 6.23. The lowest BCUT2D eigenvalue weighted by Gasteiger charge is -2.07. The summed E-state index contributed by atoms with van der Waals surface area (Å²) in [5.74, 6) is 0. The predicted molar refractivity (Wildman–Crippen MR) is 79.9 cm³/mol. The van der Waals surface area contributed by atoms with Gasteiger partial charge in [-0.25, -0.2) is 4.63 Å². The van der Waals surface area contributed by atoms with Gasteiger partial charge in [-0.05, 0) is 46.6 Å². The largest absolute Gasteiger partial charge is 0.397 e. The van der Waals surface area contributed by atoms with Crippen molar-refractivity contribution in [3.05, 3.63) is 47.0 Å². The number of fused-ring (bicyclic) bond motifs is 1. The first-order valence-corrected chi connectivity index (χ1v) is 6.61. The summed E-state index contributed by atoms with van der Waals surface area (Å²) in [6.45, 7) is 0.771. The van der Waals surface area contributed by atoms with E-state index < -0.39 is 0 Å². The zero-order valence-electron chi connectivity index (χ0n) is 10.6. The van der Waals surface area contributed by atoms with Gasteiger partial charge in [-0.3, -0.25) is 0 Å². The SMILES string of the molecule is Nc1ccc(NCCc2ccc(Cl)cc2)c2nonc12. The van der Waals surface area contributed by atoms with Gasteiger partial charge in [-0.1, -0.05) is 23.7 Å². The third-order valence-corrected chi connectivity index (χ3v) is 3.34. The maximum absolute atomic E-state index is 5.86. The molecule has 0 fully saturated rings. The summed E-state index contributed by atoms with van der Waals surface area (Å²) in [6, 6.07) is 11.5. The number of nitrogens with zero attached hydrogens (tertiary/aromatic N) is 2. The van der Waals surface area contributed by atoms with E-state index in [1.807, 2.05) is 30.3 Å². The molecule has 20 heavy (non-hydrogen) atoms. The Morgan fingerprint density at radius 2 is 1.80 bits per heavy atom. The van der Waals surface area contributed by atoms with E-state index in [1.54, 1.807) is 6.07 Å². The number of anilines is 2. The van der Waals surface area contributed by atoms with E-state index in [1.165, 1.54) is 5.56 Å². The van der Waals surface area contributed by atoms with Gasteiger partial charge in [0.15, 0.2) is 11.0 Å². The highest BCUT2D eigenvalue weighted by Crippen LogP contribution is 2.25. The average Bonchev–Trinajstić information content (AvgIpc) is 2.94. The van der Waals surface area contributed by atoms with Crippen molar-refractivity contribution in [2.24, 2.45) is 0 Å². The van der Waals surface area contributed by atoms with Crippen molar-refractivity contribution in [3.8, 4) is 0 Å². The highest BCUT2D eigenvalue weighted by atomic mass is 35.5. The molecule has 3 rings (SSSR count). The zero-order chi connectivity index (χ0) is 13.9. The smallest absolute Gasteiger partial charge is 0.160 e. The third-order valence-electron chi connectivity index (χ3n) is 3.09. The number of rotatable bonds is 4. The quantitative estimate of drug-likeness (QED) is 0.721. The minimum atomic E-state index is 0.560. The maximum atomic E-state index is 5.86. The summed E-state index contributed by atoms with van der Waals surface area (Å²) >= 11 is 5.86. The highest BCUT2D eigenvalue weighted by Gasteiger charge is 2.09. The highest BCUT2D eigenvalue weighted by molar-refractivity contribution is 6.30. The molecule has 0 aliphatic heterocycles.